The number of carboxylic acids is 1. The first kappa shape index (κ1) is 10.1. The van der Waals surface area contributed by atoms with Crippen LogP contribution in [-0.2, 0) is 0 Å². The largest absolute Gasteiger partial charge is 0.477 e. The highest BCUT2D eigenvalue weighted by molar-refractivity contribution is 5.86. The van der Waals surface area contributed by atoms with Crippen LogP contribution in [0.5, 0.6) is 0 Å². The SMILES string of the molecule is O=C(O)c1cccn1C1CC1c1ccccc1. The van der Waals surface area contributed by atoms with Gasteiger partial charge in [-0.3, -0.25) is 0 Å². The molecule has 3 rings (SSSR count). The molecule has 3 heteroatoms. The Kier molecular flexibility index (Phi) is 2.25. The molecule has 0 saturated heterocycles. The van der Waals surface area contributed by atoms with Gasteiger partial charge in [0, 0.05) is 18.2 Å². The minimum Gasteiger partial charge on any atom is -0.477 e. The zero-order chi connectivity index (χ0) is 11.8. The van der Waals surface area contributed by atoms with E-state index in [1.807, 2.05) is 29.0 Å². The third kappa shape index (κ3) is 1.73. The number of hydrogen-bond donors (Lipinski definition) is 1. The molecule has 1 saturated carbocycles. The van der Waals surface area contributed by atoms with Gasteiger partial charge >= 0.3 is 5.97 Å². The molecule has 0 aliphatic heterocycles. The highest BCUT2D eigenvalue weighted by Crippen LogP contribution is 2.51. The minimum atomic E-state index is -0.853. The first-order valence-corrected chi connectivity index (χ1v) is 5.72. The lowest BCUT2D eigenvalue weighted by Gasteiger charge is -2.05. The Labute approximate surface area is 99.3 Å². The Balaban J connectivity index is 1.85. The maximum Gasteiger partial charge on any atom is 0.352 e. The molecule has 2 aromatic rings. The fourth-order valence-corrected chi connectivity index (χ4v) is 2.41. The second-order valence-electron chi connectivity index (χ2n) is 4.43. The molecular formula is C14H13NO2. The minimum absolute atomic E-state index is 0.304. The number of rotatable bonds is 3. The van der Waals surface area contributed by atoms with E-state index in [-0.39, 0.29) is 0 Å². The molecule has 1 aromatic carbocycles. The molecule has 2 atom stereocenters. The highest BCUT2D eigenvalue weighted by atomic mass is 16.4. The first-order chi connectivity index (χ1) is 8.27. The predicted molar refractivity (Wildman–Crippen MR) is 64.2 cm³/mol. The number of benzene rings is 1. The maximum absolute atomic E-state index is 11.0. The van der Waals surface area contributed by atoms with Crippen LogP contribution in [0.1, 0.15) is 34.4 Å². The van der Waals surface area contributed by atoms with Crippen molar-refractivity contribution in [3.05, 3.63) is 59.9 Å². The summed E-state index contributed by atoms with van der Waals surface area (Å²) in [5.41, 5.74) is 1.68. The number of aromatic nitrogens is 1. The molecule has 86 valence electrons. The van der Waals surface area contributed by atoms with Crippen LogP contribution >= 0.6 is 0 Å². The Hall–Kier alpha value is -2.03. The van der Waals surface area contributed by atoms with Gasteiger partial charge in [0.1, 0.15) is 5.69 Å². The van der Waals surface area contributed by atoms with Gasteiger partial charge in [0.15, 0.2) is 0 Å². The van der Waals surface area contributed by atoms with E-state index in [9.17, 15) is 4.79 Å². The van der Waals surface area contributed by atoms with E-state index in [2.05, 4.69) is 12.1 Å². The van der Waals surface area contributed by atoms with Gasteiger partial charge in [0.2, 0.25) is 0 Å². The summed E-state index contributed by atoms with van der Waals surface area (Å²) in [4.78, 5) is 11.0. The topological polar surface area (TPSA) is 42.2 Å². The van der Waals surface area contributed by atoms with E-state index in [1.165, 1.54) is 5.56 Å². The van der Waals surface area contributed by atoms with E-state index in [4.69, 9.17) is 5.11 Å². The van der Waals surface area contributed by atoms with Crippen LogP contribution in [0.4, 0.5) is 0 Å². The lowest BCUT2D eigenvalue weighted by atomic mass is 10.1. The lowest BCUT2D eigenvalue weighted by molar-refractivity contribution is 0.0685. The number of hydrogen-bond acceptors (Lipinski definition) is 1. The lowest BCUT2D eigenvalue weighted by Crippen LogP contribution is -2.06. The van der Waals surface area contributed by atoms with Crippen molar-refractivity contribution in [2.75, 3.05) is 0 Å². The molecule has 1 N–H and O–H groups in total. The van der Waals surface area contributed by atoms with E-state index in [1.54, 1.807) is 12.1 Å². The molecule has 1 heterocycles. The Morgan fingerprint density at radius 2 is 1.94 bits per heavy atom. The molecule has 1 fully saturated rings. The third-order valence-corrected chi connectivity index (χ3v) is 3.34. The summed E-state index contributed by atoms with van der Waals surface area (Å²) in [5, 5.41) is 9.07. The quantitative estimate of drug-likeness (QED) is 0.876. The average molecular weight is 227 g/mol. The van der Waals surface area contributed by atoms with Gasteiger partial charge in [-0.25, -0.2) is 4.79 Å². The van der Waals surface area contributed by atoms with Gasteiger partial charge in [0.05, 0.1) is 0 Å². The highest BCUT2D eigenvalue weighted by Gasteiger charge is 2.40. The monoisotopic (exact) mass is 227 g/mol. The molecule has 1 aromatic heterocycles. The van der Waals surface area contributed by atoms with Crippen molar-refractivity contribution < 1.29 is 9.90 Å². The zero-order valence-electron chi connectivity index (χ0n) is 9.28. The molecule has 0 amide bonds. The van der Waals surface area contributed by atoms with Gasteiger partial charge < -0.3 is 9.67 Å². The van der Waals surface area contributed by atoms with Crippen LogP contribution in [0.15, 0.2) is 48.7 Å². The van der Waals surface area contributed by atoms with Crippen molar-refractivity contribution in [2.45, 2.75) is 18.4 Å². The summed E-state index contributed by atoms with van der Waals surface area (Å²) in [6.45, 7) is 0. The summed E-state index contributed by atoms with van der Waals surface area (Å²) in [6, 6.07) is 14.0. The van der Waals surface area contributed by atoms with E-state index in [0.717, 1.165) is 6.42 Å². The van der Waals surface area contributed by atoms with Gasteiger partial charge in [-0.15, -0.1) is 0 Å². The first-order valence-electron chi connectivity index (χ1n) is 5.72. The third-order valence-electron chi connectivity index (χ3n) is 3.34. The van der Waals surface area contributed by atoms with Crippen molar-refractivity contribution >= 4 is 5.97 Å². The van der Waals surface area contributed by atoms with Crippen molar-refractivity contribution in [3.8, 4) is 0 Å². The molecule has 0 bridgehead atoms. The Morgan fingerprint density at radius 1 is 1.18 bits per heavy atom. The summed E-state index contributed by atoms with van der Waals surface area (Å²) < 4.78 is 1.88. The molecule has 0 spiro atoms. The van der Waals surface area contributed by atoms with Crippen molar-refractivity contribution in [1.82, 2.24) is 4.57 Å². The van der Waals surface area contributed by atoms with Crippen molar-refractivity contribution in [1.29, 1.82) is 0 Å². The second kappa shape index (κ2) is 3.77. The smallest absolute Gasteiger partial charge is 0.352 e. The van der Waals surface area contributed by atoms with Crippen LogP contribution in [0.3, 0.4) is 0 Å². The molecule has 1 aliphatic carbocycles. The normalized spacial score (nSPS) is 22.4. The van der Waals surface area contributed by atoms with Gasteiger partial charge in [0.25, 0.3) is 0 Å². The number of carboxylic acid groups (broad SMARTS) is 1. The van der Waals surface area contributed by atoms with E-state index < -0.39 is 5.97 Å². The average Bonchev–Trinajstić information content (AvgIpc) is 2.99. The molecule has 0 radical (unpaired) electrons. The van der Waals surface area contributed by atoms with E-state index >= 15 is 0 Å². The van der Waals surface area contributed by atoms with Crippen LogP contribution < -0.4 is 0 Å². The predicted octanol–water partition coefficient (Wildman–Crippen LogP) is 2.91. The summed E-state index contributed by atoms with van der Waals surface area (Å²) in [6.07, 6.45) is 2.88. The Morgan fingerprint density at radius 3 is 2.65 bits per heavy atom. The fraction of sp³-hybridized carbons (Fsp3) is 0.214. The van der Waals surface area contributed by atoms with Gasteiger partial charge in [-0.1, -0.05) is 30.3 Å². The fourth-order valence-electron chi connectivity index (χ4n) is 2.41. The number of aromatic carboxylic acids is 1. The van der Waals surface area contributed by atoms with Crippen molar-refractivity contribution in [2.24, 2.45) is 0 Å². The molecule has 1 aliphatic rings. The van der Waals surface area contributed by atoms with Crippen LogP contribution in [-0.4, -0.2) is 15.6 Å². The summed E-state index contributed by atoms with van der Waals surface area (Å²) in [5.74, 6) is -0.393. The summed E-state index contributed by atoms with van der Waals surface area (Å²) in [7, 11) is 0. The maximum atomic E-state index is 11.0. The van der Waals surface area contributed by atoms with Gasteiger partial charge in [-0.2, -0.15) is 0 Å². The summed E-state index contributed by atoms with van der Waals surface area (Å²) >= 11 is 0. The van der Waals surface area contributed by atoms with Crippen molar-refractivity contribution in [3.63, 3.8) is 0 Å². The van der Waals surface area contributed by atoms with Gasteiger partial charge in [-0.05, 0) is 24.1 Å². The number of carbonyl (C=O) groups is 1. The molecule has 3 nitrogen and oxygen atoms in total. The Bertz CT molecular complexity index is 544. The number of nitrogens with zero attached hydrogens (tertiary/aromatic N) is 1. The molecule has 17 heavy (non-hydrogen) atoms. The molecular weight excluding hydrogens is 214 g/mol. The van der Waals surface area contributed by atoms with Crippen LogP contribution in [0.2, 0.25) is 0 Å². The zero-order valence-corrected chi connectivity index (χ0v) is 9.28. The molecule has 2 unspecified atom stereocenters. The standard InChI is InChI=1S/C14H13NO2/c16-14(17)12-7-4-8-15(12)13-9-11(13)10-5-2-1-3-6-10/h1-8,11,13H,9H2,(H,16,17). The van der Waals surface area contributed by atoms with Crippen LogP contribution in [0.25, 0.3) is 0 Å². The second-order valence-corrected chi connectivity index (χ2v) is 4.43. The van der Waals surface area contributed by atoms with E-state index in [0.29, 0.717) is 17.7 Å². The van der Waals surface area contributed by atoms with Crippen LogP contribution in [0, 0.1) is 0 Å².